The van der Waals surface area contributed by atoms with Crippen molar-refractivity contribution < 1.29 is 4.74 Å². The quantitative estimate of drug-likeness (QED) is 0.211. The highest BCUT2D eigenvalue weighted by molar-refractivity contribution is 4.63. The van der Waals surface area contributed by atoms with Crippen molar-refractivity contribution in [2.75, 3.05) is 6.61 Å². The molecule has 0 aromatic heterocycles. The molecule has 0 aliphatic heterocycles. The summed E-state index contributed by atoms with van der Waals surface area (Å²) in [5.74, 6) is 1.89. The monoisotopic (exact) mass is 354 g/mol. The molecule has 152 valence electrons. The molecule has 0 N–H and O–H groups in total. The molecule has 0 heterocycles. The lowest BCUT2D eigenvalue weighted by molar-refractivity contribution is 0.0368. The molecule has 0 fully saturated rings. The van der Waals surface area contributed by atoms with Crippen molar-refractivity contribution in [1.82, 2.24) is 0 Å². The summed E-state index contributed by atoms with van der Waals surface area (Å²) in [6.07, 6.45) is 20.8. The molecular formula is C24H50O. The lowest BCUT2D eigenvalue weighted by atomic mass is 9.89. The predicted octanol–water partition coefficient (Wildman–Crippen LogP) is 8.56. The molecule has 0 rings (SSSR count). The molecule has 1 nitrogen and oxygen atoms in total. The van der Waals surface area contributed by atoms with Crippen LogP contribution in [0.5, 0.6) is 0 Å². The fraction of sp³-hybridized carbons (Fsp3) is 1.00. The van der Waals surface area contributed by atoms with E-state index in [1.807, 2.05) is 0 Å². The van der Waals surface area contributed by atoms with Crippen LogP contribution in [0.25, 0.3) is 0 Å². The van der Waals surface area contributed by atoms with Crippen LogP contribution in [0.15, 0.2) is 0 Å². The molecule has 3 unspecified atom stereocenters. The van der Waals surface area contributed by atoms with E-state index in [9.17, 15) is 0 Å². The predicted molar refractivity (Wildman–Crippen MR) is 114 cm³/mol. The van der Waals surface area contributed by atoms with Gasteiger partial charge in [0.25, 0.3) is 0 Å². The van der Waals surface area contributed by atoms with Gasteiger partial charge in [0, 0.05) is 6.61 Å². The highest BCUT2D eigenvalue weighted by atomic mass is 16.5. The van der Waals surface area contributed by atoms with Crippen LogP contribution in [0.3, 0.4) is 0 Å². The molecule has 0 aromatic carbocycles. The van der Waals surface area contributed by atoms with Crippen LogP contribution in [0.1, 0.15) is 131 Å². The highest BCUT2D eigenvalue weighted by Crippen LogP contribution is 2.24. The Kier molecular flexibility index (Phi) is 18.7. The summed E-state index contributed by atoms with van der Waals surface area (Å²) in [6, 6.07) is 0. The van der Waals surface area contributed by atoms with E-state index in [2.05, 4.69) is 34.6 Å². The summed E-state index contributed by atoms with van der Waals surface area (Å²) in [5, 5.41) is 0. The molecule has 0 aromatic rings. The minimum absolute atomic E-state index is 0.524. The van der Waals surface area contributed by atoms with Gasteiger partial charge < -0.3 is 4.74 Å². The minimum Gasteiger partial charge on any atom is -0.378 e. The maximum Gasteiger partial charge on any atom is 0.0575 e. The van der Waals surface area contributed by atoms with Gasteiger partial charge in [-0.1, -0.05) is 112 Å². The first-order chi connectivity index (χ1) is 12.2. The van der Waals surface area contributed by atoms with Gasteiger partial charge in [-0.15, -0.1) is 0 Å². The Hall–Kier alpha value is -0.0400. The van der Waals surface area contributed by atoms with E-state index in [0.29, 0.717) is 6.10 Å². The average molecular weight is 355 g/mol. The van der Waals surface area contributed by atoms with Crippen molar-refractivity contribution in [3.8, 4) is 0 Å². The van der Waals surface area contributed by atoms with E-state index in [1.54, 1.807) is 0 Å². The second-order valence-electron chi connectivity index (χ2n) is 8.40. The molecule has 25 heavy (non-hydrogen) atoms. The van der Waals surface area contributed by atoms with Crippen molar-refractivity contribution in [2.24, 2.45) is 11.8 Å². The summed E-state index contributed by atoms with van der Waals surface area (Å²) in [4.78, 5) is 0. The van der Waals surface area contributed by atoms with Gasteiger partial charge in [0.1, 0.15) is 0 Å². The largest absolute Gasteiger partial charge is 0.378 e. The average Bonchev–Trinajstić information content (AvgIpc) is 2.59. The van der Waals surface area contributed by atoms with Crippen molar-refractivity contribution in [1.29, 1.82) is 0 Å². The summed E-state index contributed by atoms with van der Waals surface area (Å²) >= 11 is 0. The molecule has 0 aliphatic carbocycles. The number of hydrogen-bond acceptors (Lipinski definition) is 1. The summed E-state index contributed by atoms with van der Waals surface area (Å²) in [6.45, 7) is 12.6. The zero-order valence-electron chi connectivity index (χ0n) is 18.5. The second kappa shape index (κ2) is 18.7. The van der Waals surface area contributed by atoms with Gasteiger partial charge in [-0.3, -0.25) is 0 Å². The van der Waals surface area contributed by atoms with Gasteiger partial charge in [0.2, 0.25) is 0 Å². The minimum atomic E-state index is 0.524. The zero-order chi connectivity index (χ0) is 18.8. The Balaban J connectivity index is 3.83. The van der Waals surface area contributed by atoms with Crippen LogP contribution in [-0.2, 0) is 4.74 Å². The van der Waals surface area contributed by atoms with E-state index in [0.717, 1.165) is 18.4 Å². The second-order valence-corrected chi connectivity index (χ2v) is 8.40. The third-order valence-electron chi connectivity index (χ3n) is 5.64. The van der Waals surface area contributed by atoms with E-state index < -0.39 is 0 Å². The molecule has 0 saturated carbocycles. The number of rotatable bonds is 19. The molecule has 0 bridgehead atoms. The topological polar surface area (TPSA) is 9.23 Å². The molecule has 3 atom stereocenters. The smallest absolute Gasteiger partial charge is 0.0575 e. The molecule has 0 aliphatic rings. The lowest BCUT2D eigenvalue weighted by Crippen LogP contribution is -2.13. The van der Waals surface area contributed by atoms with E-state index in [1.165, 1.54) is 96.3 Å². The molecular weight excluding hydrogens is 304 g/mol. The van der Waals surface area contributed by atoms with Crippen LogP contribution < -0.4 is 0 Å². The van der Waals surface area contributed by atoms with Crippen molar-refractivity contribution in [2.45, 2.75) is 137 Å². The Morgan fingerprint density at radius 1 is 0.560 bits per heavy atom. The SMILES string of the molecule is CCCCC(CCC)OCCCCC(CCC)CCCC(C)CCC. The first kappa shape index (κ1) is 25.0. The lowest BCUT2D eigenvalue weighted by Gasteiger charge is -2.19. The number of hydrogen-bond donors (Lipinski definition) is 0. The number of ether oxygens (including phenoxy) is 1. The maximum absolute atomic E-state index is 6.17. The summed E-state index contributed by atoms with van der Waals surface area (Å²) < 4.78 is 6.17. The van der Waals surface area contributed by atoms with Crippen LogP contribution in [0.4, 0.5) is 0 Å². The van der Waals surface area contributed by atoms with Gasteiger partial charge in [0.15, 0.2) is 0 Å². The summed E-state index contributed by atoms with van der Waals surface area (Å²) in [5.41, 5.74) is 0. The third-order valence-corrected chi connectivity index (χ3v) is 5.64. The standard InChI is InChI=1S/C24H50O/c1-6-10-20-24(16-9-4)25-21-12-11-18-23(15-8-3)19-13-17-22(5)14-7-2/h22-24H,6-21H2,1-5H3. The van der Waals surface area contributed by atoms with Gasteiger partial charge in [0.05, 0.1) is 6.10 Å². The third kappa shape index (κ3) is 15.9. The van der Waals surface area contributed by atoms with Crippen LogP contribution in [0, 0.1) is 11.8 Å². The first-order valence-corrected chi connectivity index (χ1v) is 11.8. The number of unbranched alkanes of at least 4 members (excludes halogenated alkanes) is 2. The molecule has 0 spiro atoms. The Morgan fingerprint density at radius 2 is 1.24 bits per heavy atom. The normalized spacial score (nSPS) is 15.2. The van der Waals surface area contributed by atoms with Crippen molar-refractivity contribution >= 4 is 0 Å². The van der Waals surface area contributed by atoms with Gasteiger partial charge >= 0.3 is 0 Å². The van der Waals surface area contributed by atoms with E-state index in [4.69, 9.17) is 4.74 Å². The molecule has 0 amide bonds. The van der Waals surface area contributed by atoms with E-state index >= 15 is 0 Å². The van der Waals surface area contributed by atoms with E-state index in [-0.39, 0.29) is 0 Å². The Labute approximate surface area is 160 Å². The van der Waals surface area contributed by atoms with Crippen molar-refractivity contribution in [3.05, 3.63) is 0 Å². The molecule has 0 radical (unpaired) electrons. The maximum atomic E-state index is 6.17. The summed E-state index contributed by atoms with van der Waals surface area (Å²) in [7, 11) is 0. The zero-order valence-corrected chi connectivity index (χ0v) is 18.5. The van der Waals surface area contributed by atoms with Gasteiger partial charge in [-0.2, -0.15) is 0 Å². The van der Waals surface area contributed by atoms with Crippen LogP contribution in [-0.4, -0.2) is 12.7 Å². The van der Waals surface area contributed by atoms with Gasteiger partial charge in [-0.25, -0.2) is 0 Å². The molecule has 0 saturated heterocycles. The Bertz CT molecular complexity index is 250. The van der Waals surface area contributed by atoms with Gasteiger partial charge in [-0.05, 0) is 31.1 Å². The molecule has 1 heteroatoms. The Morgan fingerprint density at radius 3 is 1.88 bits per heavy atom. The van der Waals surface area contributed by atoms with Crippen LogP contribution >= 0.6 is 0 Å². The highest BCUT2D eigenvalue weighted by Gasteiger charge is 2.10. The fourth-order valence-corrected chi connectivity index (χ4v) is 4.08. The van der Waals surface area contributed by atoms with Crippen LogP contribution in [0.2, 0.25) is 0 Å². The van der Waals surface area contributed by atoms with Crippen molar-refractivity contribution in [3.63, 3.8) is 0 Å². The first-order valence-electron chi connectivity index (χ1n) is 11.8. The fourth-order valence-electron chi connectivity index (χ4n) is 4.08.